The van der Waals surface area contributed by atoms with Gasteiger partial charge in [0, 0.05) is 9.77 Å². The first-order chi connectivity index (χ1) is 10.5. The molecule has 1 rings (SSSR count). The molecule has 1 aromatic carbocycles. The smallest absolute Gasteiger partial charge is 0.374 e. The number of nitriles is 2. The quantitative estimate of drug-likeness (QED) is 0.323. The SMILES string of the molecule is Cc1cc(OS(=O)(=O)C(F)(F)F)c(NC=C(C#N)C#N)cc1I. The van der Waals surface area contributed by atoms with Crippen molar-refractivity contribution < 1.29 is 25.8 Å². The Morgan fingerprint density at radius 3 is 2.39 bits per heavy atom. The van der Waals surface area contributed by atoms with Crippen molar-refractivity contribution in [3.8, 4) is 17.9 Å². The normalized spacial score (nSPS) is 11.1. The molecule has 0 aliphatic carbocycles. The molecule has 0 aromatic heterocycles. The van der Waals surface area contributed by atoms with E-state index in [4.69, 9.17) is 10.5 Å². The molecule has 1 aromatic rings. The fourth-order valence-corrected chi connectivity index (χ4v) is 2.18. The van der Waals surface area contributed by atoms with Gasteiger partial charge in [0.15, 0.2) is 5.75 Å². The van der Waals surface area contributed by atoms with E-state index in [0.29, 0.717) is 9.13 Å². The van der Waals surface area contributed by atoms with Gasteiger partial charge in [-0.25, -0.2) is 0 Å². The molecule has 0 radical (unpaired) electrons. The second-order valence-electron chi connectivity index (χ2n) is 4.01. The van der Waals surface area contributed by atoms with Crippen LogP contribution in [0, 0.1) is 33.2 Å². The molecule has 1 N–H and O–H groups in total. The van der Waals surface area contributed by atoms with Gasteiger partial charge in [-0.15, -0.1) is 0 Å². The van der Waals surface area contributed by atoms with Crippen molar-refractivity contribution in [3.05, 3.63) is 33.0 Å². The third-order valence-electron chi connectivity index (χ3n) is 2.36. The third-order valence-corrected chi connectivity index (χ3v) is 4.48. The van der Waals surface area contributed by atoms with Crippen molar-refractivity contribution in [2.75, 3.05) is 5.32 Å². The highest BCUT2D eigenvalue weighted by molar-refractivity contribution is 14.1. The number of hydrogen-bond donors (Lipinski definition) is 1. The van der Waals surface area contributed by atoms with Crippen molar-refractivity contribution in [2.24, 2.45) is 0 Å². The van der Waals surface area contributed by atoms with Crippen molar-refractivity contribution >= 4 is 38.4 Å². The molecule has 0 atom stereocenters. The number of allylic oxidation sites excluding steroid dienone is 1. The van der Waals surface area contributed by atoms with E-state index >= 15 is 0 Å². The first-order valence-corrected chi connectivity index (χ1v) is 8.08. The Hall–Kier alpha value is -1.99. The Kier molecular flexibility index (Phi) is 5.85. The zero-order valence-electron chi connectivity index (χ0n) is 11.3. The summed E-state index contributed by atoms with van der Waals surface area (Å²) in [5.74, 6) is -0.605. The molecule has 0 unspecified atom stereocenters. The van der Waals surface area contributed by atoms with Crippen molar-refractivity contribution in [3.63, 3.8) is 0 Å². The van der Waals surface area contributed by atoms with Crippen LogP contribution in [0.25, 0.3) is 0 Å². The van der Waals surface area contributed by atoms with Crippen LogP contribution in [0.1, 0.15) is 5.56 Å². The van der Waals surface area contributed by atoms with Gasteiger partial charge in [-0.05, 0) is 47.2 Å². The standard InChI is InChI=1S/C12H7F3IN3O3S/c1-7-2-11(22-23(20,21)12(13,14)15)10(3-9(7)16)19-6-8(4-17)5-18/h2-3,6,19H,1H3. The number of anilines is 1. The van der Waals surface area contributed by atoms with Crippen LogP contribution in [0.15, 0.2) is 23.9 Å². The Morgan fingerprint density at radius 1 is 1.35 bits per heavy atom. The van der Waals surface area contributed by atoms with Gasteiger partial charge in [-0.2, -0.15) is 32.1 Å². The van der Waals surface area contributed by atoms with Gasteiger partial charge >= 0.3 is 15.6 Å². The highest BCUT2D eigenvalue weighted by atomic mass is 127. The second kappa shape index (κ2) is 7.06. The monoisotopic (exact) mass is 457 g/mol. The first kappa shape index (κ1) is 19.1. The van der Waals surface area contributed by atoms with Crippen molar-refractivity contribution in [1.29, 1.82) is 10.5 Å². The van der Waals surface area contributed by atoms with Gasteiger partial charge in [0.25, 0.3) is 0 Å². The van der Waals surface area contributed by atoms with E-state index in [1.807, 2.05) is 22.6 Å². The maximum atomic E-state index is 12.4. The Bertz CT molecular complexity index is 820. The molecule has 0 saturated heterocycles. The number of halogens is 4. The van der Waals surface area contributed by atoms with Gasteiger partial charge in [-0.1, -0.05) is 0 Å². The average molecular weight is 457 g/mol. The van der Waals surface area contributed by atoms with Crippen LogP contribution < -0.4 is 9.50 Å². The summed E-state index contributed by atoms with van der Waals surface area (Å²) in [5, 5.41) is 19.6. The molecule has 0 amide bonds. The molecule has 6 nitrogen and oxygen atoms in total. The van der Waals surface area contributed by atoms with Crippen molar-refractivity contribution in [2.45, 2.75) is 12.4 Å². The van der Waals surface area contributed by atoms with Gasteiger partial charge in [0.2, 0.25) is 0 Å². The van der Waals surface area contributed by atoms with E-state index < -0.39 is 21.4 Å². The van der Waals surface area contributed by atoms with Gasteiger partial charge in [0.1, 0.15) is 17.7 Å². The molecule has 0 saturated carbocycles. The highest BCUT2D eigenvalue weighted by Gasteiger charge is 2.48. The number of alkyl halides is 3. The van der Waals surface area contributed by atoms with E-state index in [9.17, 15) is 21.6 Å². The molecule has 0 aliphatic rings. The lowest BCUT2D eigenvalue weighted by Crippen LogP contribution is -2.28. The van der Waals surface area contributed by atoms with Gasteiger partial charge in [0.05, 0.1) is 5.69 Å². The first-order valence-electron chi connectivity index (χ1n) is 5.59. The summed E-state index contributed by atoms with van der Waals surface area (Å²) in [6.45, 7) is 1.55. The van der Waals surface area contributed by atoms with Crippen LogP contribution in [0.4, 0.5) is 18.9 Å². The van der Waals surface area contributed by atoms with Crippen LogP contribution in [0.5, 0.6) is 5.75 Å². The zero-order valence-corrected chi connectivity index (χ0v) is 14.2. The second-order valence-corrected chi connectivity index (χ2v) is 6.71. The maximum absolute atomic E-state index is 12.4. The minimum Gasteiger partial charge on any atom is -0.374 e. The van der Waals surface area contributed by atoms with E-state index in [0.717, 1.165) is 12.3 Å². The largest absolute Gasteiger partial charge is 0.534 e. The lowest BCUT2D eigenvalue weighted by Gasteiger charge is -2.14. The minimum atomic E-state index is -5.85. The summed E-state index contributed by atoms with van der Waals surface area (Å²) < 4.78 is 64.2. The van der Waals surface area contributed by atoms with Crippen LogP contribution in [-0.4, -0.2) is 13.9 Å². The number of hydrogen-bond acceptors (Lipinski definition) is 6. The Morgan fingerprint density at radius 2 is 1.91 bits per heavy atom. The maximum Gasteiger partial charge on any atom is 0.534 e. The van der Waals surface area contributed by atoms with E-state index in [1.54, 1.807) is 6.92 Å². The summed E-state index contributed by atoms with van der Waals surface area (Å²) >= 11 is 1.88. The predicted molar refractivity (Wildman–Crippen MR) is 82.4 cm³/mol. The number of benzene rings is 1. The van der Waals surface area contributed by atoms with Crippen LogP contribution in [-0.2, 0) is 10.1 Å². The molecular formula is C12H7F3IN3O3S. The van der Waals surface area contributed by atoms with E-state index in [1.165, 1.54) is 18.2 Å². The summed E-state index contributed by atoms with van der Waals surface area (Å²) in [7, 11) is -5.85. The molecule has 23 heavy (non-hydrogen) atoms. The highest BCUT2D eigenvalue weighted by Crippen LogP contribution is 2.34. The summed E-state index contributed by atoms with van der Waals surface area (Å²) in [6, 6.07) is 5.49. The van der Waals surface area contributed by atoms with E-state index in [-0.39, 0.29) is 11.3 Å². The molecular weight excluding hydrogens is 450 g/mol. The number of rotatable bonds is 4. The summed E-state index contributed by atoms with van der Waals surface area (Å²) in [6.07, 6.45) is 0.924. The van der Waals surface area contributed by atoms with Gasteiger partial charge < -0.3 is 9.50 Å². The van der Waals surface area contributed by atoms with E-state index in [2.05, 4.69) is 9.50 Å². The molecule has 0 fully saturated rings. The zero-order chi connectivity index (χ0) is 17.8. The minimum absolute atomic E-state index is 0.143. The molecule has 0 bridgehead atoms. The third kappa shape index (κ3) is 4.74. The van der Waals surface area contributed by atoms with Crippen LogP contribution in [0.3, 0.4) is 0 Å². The average Bonchev–Trinajstić information content (AvgIpc) is 2.43. The number of aryl methyl sites for hydroxylation is 1. The summed E-state index contributed by atoms with van der Waals surface area (Å²) in [4.78, 5) is 0. The topological polar surface area (TPSA) is 103 Å². The molecule has 0 heterocycles. The molecule has 11 heteroatoms. The fraction of sp³-hybridized carbons (Fsp3) is 0.167. The number of nitrogens with zero attached hydrogens (tertiary/aromatic N) is 2. The lowest BCUT2D eigenvalue weighted by molar-refractivity contribution is -0.0499. The molecule has 0 aliphatic heterocycles. The van der Waals surface area contributed by atoms with Crippen molar-refractivity contribution in [1.82, 2.24) is 0 Å². The number of nitrogens with one attached hydrogen (secondary N) is 1. The van der Waals surface area contributed by atoms with Crippen LogP contribution in [0.2, 0.25) is 0 Å². The molecule has 122 valence electrons. The van der Waals surface area contributed by atoms with Crippen LogP contribution >= 0.6 is 22.6 Å². The predicted octanol–water partition coefficient (Wildman–Crippen LogP) is 3.17. The Labute approximate surface area is 143 Å². The summed E-state index contributed by atoms with van der Waals surface area (Å²) in [5.41, 5.74) is -5.60. The Balaban J connectivity index is 3.33. The molecule has 0 spiro atoms. The fourth-order valence-electron chi connectivity index (χ4n) is 1.24. The lowest BCUT2D eigenvalue weighted by atomic mass is 10.2. The van der Waals surface area contributed by atoms with Gasteiger partial charge in [-0.3, -0.25) is 0 Å².